The topological polar surface area (TPSA) is 79.3 Å². The van der Waals surface area contributed by atoms with Crippen LogP contribution in [0, 0.1) is 6.92 Å². The highest BCUT2D eigenvalue weighted by Gasteiger charge is 2.46. The molecule has 1 fully saturated rings. The molecule has 1 aliphatic rings. The van der Waals surface area contributed by atoms with Gasteiger partial charge in [-0.15, -0.1) is 0 Å². The maximum absolute atomic E-state index is 13.4. The van der Waals surface area contributed by atoms with Crippen LogP contribution < -0.4 is 9.47 Å². The van der Waals surface area contributed by atoms with E-state index in [9.17, 15) is 14.7 Å². The van der Waals surface area contributed by atoms with E-state index in [0.29, 0.717) is 31.0 Å². The molecular weight excluding hydrogens is 480 g/mol. The number of aliphatic hydroxyl groups excluding tert-OH is 1. The molecule has 0 radical (unpaired) electrons. The van der Waals surface area contributed by atoms with Gasteiger partial charge in [-0.2, -0.15) is 0 Å². The summed E-state index contributed by atoms with van der Waals surface area (Å²) in [4.78, 5) is 30.4. The molecule has 38 heavy (non-hydrogen) atoms. The van der Waals surface area contributed by atoms with E-state index in [1.807, 2.05) is 45.0 Å². The number of ether oxygens (including phenoxy) is 2. The molecule has 2 aromatic carbocycles. The van der Waals surface area contributed by atoms with Crippen molar-refractivity contribution in [1.29, 1.82) is 0 Å². The summed E-state index contributed by atoms with van der Waals surface area (Å²) >= 11 is 0. The summed E-state index contributed by atoms with van der Waals surface area (Å²) in [6.07, 6.45) is 2.02. The van der Waals surface area contributed by atoms with Crippen LogP contribution in [0.2, 0.25) is 0 Å². The number of aryl methyl sites for hydroxylation is 1. The van der Waals surface area contributed by atoms with Crippen LogP contribution in [0.4, 0.5) is 0 Å². The molecule has 2 aromatic rings. The first kappa shape index (κ1) is 29.2. The standard InChI is InChI=1S/C31H42N2O5/c1-7-10-19-37-25-14-11-23(12-15-25)28-27(30(35)31(36)33(28)18-17-32(8-2)9-3)29(34)24-13-16-26(22(6)20-24)38-21(4)5/h11-16,20-21,28,34H,7-10,17-19H2,1-6H3. The number of rotatable bonds is 13. The lowest BCUT2D eigenvalue weighted by atomic mass is 9.94. The molecule has 0 aliphatic carbocycles. The largest absolute Gasteiger partial charge is 0.507 e. The lowest BCUT2D eigenvalue weighted by Gasteiger charge is -2.28. The molecule has 1 unspecified atom stereocenters. The molecule has 0 aromatic heterocycles. The van der Waals surface area contributed by atoms with Gasteiger partial charge in [0.05, 0.1) is 24.3 Å². The zero-order valence-electron chi connectivity index (χ0n) is 23.6. The van der Waals surface area contributed by atoms with Crippen LogP contribution in [0.3, 0.4) is 0 Å². The third kappa shape index (κ3) is 6.76. The van der Waals surface area contributed by atoms with Crippen molar-refractivity contribution >= 4 is 17.4 Å². The fraction of sp³-hybridized carbons (Fsp3) is 0.484. The number of unbranched alkanes of at least 4 members (excludes halogenated alkanes) is 1. The number of amides is 1. The van der Waals surface area contributed by atoms with Crippen LogP contribution in [-0.4, -0.2) is 65.5 Å². The number of nitrogens with zero attached hydrogens (tertiary/aromatic N) is 2. The highest BCUT2D eigenvalue weighted by Crippen LogP contribution is 2.40. The van der Waals surface area contributed by atoms with E-state index < -0.39 is 17.7 Å². The third-order valence-corrected chi connectivity index (χ3v) is 6.87. The van der Waals surface area contributed by atoms with E-state index in [4.69, 9.17) is 9.47 Å². The normalized spacial score (nSPS) is 17.1. The molecule has 1 aliphatic heterocycles. The fourth-order valence-electron chi connectivity index (χ4n) is 4.67. The van der Waals surface area contributed by atoms with Gasteiger partial charge in [-0.05, 0) is 81.7 Å². The zero-order chi connectivity index (χ0) is 27.8. The molecule has 3 rings (SSSR count). The van der Waals surface area contributed by atoms with Crippen molar-refractivity contribution in [3.63, 3.8) is 0 Å². The number of carbonyl (C=O) groups is 2. The van der Waals surface area contributed by atoms with Crippen LogP contribution in [0.25, 0.3) is 5.76 Å². The Bertz CT molecular complexity index is 1140. The predicted molar refractivity (Wildman–Crippen MR) is 151 cm³/mol. The smallest absolute Gasteiger partial charge is 0.295 e. The minimum absolute atomic E-state index is 0.0122. The van der Waals surface area contributed by atoms with Gasteiger partial charge in [0.2, 0.25) is 0 Å². The number of benzene rings is 2. The molecule has 7 nitrogen and oxygen atoms in total. The lowest BCUT2D eigenvalue weighted by molar-refractivity contribution is -0.140. The van der Waals surface area contributed by atoms with Crippen molar-refractivity contribution in [3.05, 3.63) is 64.7 Å². The summed E-state index contributed by atoms with van der Waals surface area (Å²) in [7, 11) is 0. The van der Waals surface area contributed by atoms with E-state index in [-0.39, 0.29) is 17.4 Å². The Morgan fingerprint density at radius 2 is 1.74 bits per heavy atom. The van der Waals surface area contributed by atoms with Crippen LogP contribution in [0.15, 0.2) is 48.0 Å². The first-order valence-electron chi connectivity index (χ1n) is 13.7. The predicted octanol–water partition coefficient (Wildman–Crippen LogP) is 5.72. The van der Waals surface area contributed by atoms with Crippen molar-refractivity contribution in [2.24, 2.45) is 0 Å². The first-order valence-corrected chi connectivity index (χ1v) is 13.7. The third-order valence-electron chi connectivity index (χ3n) is 6.87. The van der Waals surface area contributed by atoms with Crippen molar-refractivity contribution in [3.8, 4) is 11.5 Å². The summed E-state index contributed by atoms with van der Waals surface area (Å²) < 4.78 is 11.6. The quantitative estimate of drug-likeness (QED) is 0.157. The van der Waals surface area contributed by atoms with Gasteiger partial charge in [0, 0.05) is 18.7 Å². The Kier molecular flexibility index (Phi) is 10.4. The molecular formula is C31H42N2O5. The van der Waals surface area contributed by atoms with Gasteiger partial charge in [-0.25, -0.2) is 0 Å². The molecule has 0 saturated carbocycles. The van der Waals surface area contributed by atoms with E-state index in [1.54, 1.807) is 23.1 Å². The van der Waals surface area contributed by atoms with Crippen LogP contribution >= 0.6 is 0 Å². The molecule has 1 amide bonds. The summed E-state index contributed by atoms with van der Waals surface area (Å²) in [6.45, 7) is 15.4. The number of carbonyl (C=O) groups excluding carboxylic acids is 2. The maximum Gasteiger partial charge on any atom is 0.295 e. The number of likely N-dealkylation sites (tertiary alicyclic amines) is 1. The summed E-state index contributed by atoms with van der Waals surface area (Å²) in [5.74, 6) is 0.00481. The van der Waals surface area contributed by atoms with Gasteiger partial charge in [0.1, 0.15) is 17.3 Å². The molecule has 1 heterocycles. The maximum atomic E-state index is 13.4. The summed E-state index contributed by atoms with van der Waals surface area (Å²) in [5, 5.41) is 11.4. The van der Waals surface area contributed by atoms with Gasteiger partial charge >= 0.3 is 0 Å². The number of likely N-dealkylation sites (N-methyl/N-ethyl adjacent to an activating group) is 1. The number of hydrogen-bond acceptors (Lipinski definition) is 6. The monoisotopic (exact) mass is 522 g/mol. The molecule has 7 heteroatoms. The zero-order valence-corrected chi connectivity index (χ0v) is 23.6. The molecule has 0 spiro atoms. The minimum Gasteiger partial charge on any atom is -0.507 e. The second-order valence-electron chi connectivity index (χ2n) is 9.94. The van der Waals surface area contributed by atoms with Crippen molar-refractivity contribution in [2.45, 2.75) is 66.5 Å². The highest BCUT2D eigenvalue weighted by atomic mass is 16.5. The van der Waals surface area contributed by atoms with Gasteiger partial charge in [0.15, 0.2) is 0 Å². The minimum atomic E-state index is -0.692. The van der Waals surface area contributed by atoms with E-state index in [1.165, 1.54) is 0 Å². The molecule has 206 valence electrons. The van der Waals surface area contributed by atoms with Crippen molar-refractivity contribution < 1.29 is 24.2 Å². The highest BCUT2D eigenvalue weighted by molar-refractivity contribution is 6.46. The Morgan fingerprint density at radius 1 is 1.05 bits per heavy atom. The van der Waals surface area contributed by atoms with E-state index >= 15 is 0 Å². The summed E-state index contributed by atoms with van der Waals surface area (Å²) in [5.41, 5.74) is 2.17. The fourth-order valence-corrected chi connectivity index (χ4v) is 4.67. The van der Waals surface area contributed by atoms with Gasteiger partial charge < -0.3 is 24.4 Å². The Hall–Kier alpha value is -3.32. The summed E-state index contributed by atoms with van der Waals surface area (Å²) in [6, 6.07) is 12.1. The molecule has 1 atom stereocenters. The van der Waals surface area contributed by atoms with Gasteiger partial charge in [-0.3, -0.25) is 9.59 Å². The van der Waals surface area contributed by atoms with E-state index in [2.05, 4.69) is 25.7 Å². The van der Waals surface area contributed by atoms with Crippen molar-refractivity contribution in [2.75, 3.05) is 32.8 Å². The average molecular weight is 523 g/mol. The number of hydrogen-bond donors (Lipinski definition) is 1. The Balaban J connectivity index is 2.04. The molecule has 1 saturated heterocycles. The first-order chi connectivity index (χ1) is 18.2. The Labute approximate surface area is 227 Å². The van der Waals surface area contributed by atoms with Crippen LogP contribution in [-0.2, 0) is 9.59 Å². The van der Waals surface area contributed by atoms with Gasteiger partial charge in [0.25, 0.3) is 11.7 Å². The Morgan fingerprint density at radius 3 is 2.32 bits per heavy atom. The van der Waals surface area contributed by atoms with E-state index in [0.717, 1.165) is 42.8 Å². The molecule has 1 N–H and O–H groups in total. The SMILES string of the molecule is CCCCOc1ccc(C2C(=C(O)c3ccc(OC(C)C)c(C)c3)C(=O)C(=O)N2CCN(CC)CC)cc1. The van der Waals surface area contributed by atoms with Crippen molar-refractivity contribution in [1.82, 2.24) is 9.80 Å². The van der Waals surface area contributed by atoms with Gasteiger partial charge in [-0.1, -0.05) is 39.3 Å². The van der Waals surface area contributed by atoms with Crippen LogP contribution in [0.1, 0.15) is 70.2 Å². The number of Topliss-reactive ketones (excluding diaryl/α,β-unsaturated/α-hetero) is 1. The van der Waals surface area contributed by atoms with Crippen LogP contribution in [0.5, 0.6) is 11.5 Å². The number of ketones is 1. The lowest BCUT2D eigenvalue weighted by Crippen LogP contribution is -2.38. The number of aliphatic hydroxyl groups is 1. The second-order valence-corrected chi connectivity index (χ2v) is 9.94. The molecule has 0 bridgehead atoms. The average Bonchev–Trinajstić information content (AvgIpc) is 3.15. The second kappa shape index (κ2) is 13.5.